The Bertz CT molecular complexity index is 576. The monoisotopic (exact) mass is 241 g/mol. The standard InChI is InChI=1S/C14H15N3O/c18-10-13-14(17-8-4-1-5-9-17)16-12-7-3-2-6-11(12)15-13/h2-3,6-7,10H,1,4-5,8-9H2. The highest BCUT2D eigenvalue weighted by atomic mass is 16.1. The molecule has 2 heterocycles. The second kappa shape index (κ2) is 4.72. The second-order valence-electron chi connectivity index (χ2n) is 4.59. The third kappa shape index (κ3) is 1.94. The third-order valence-electron chi connectivity index (χ3n) is 3.35. The fourth-order valence-corrected chi connectivity index (χ4v) is 2.42. The van der Waals surface area contributed by atoms with Crippen LogP contribution in [-0.4, -0.2) is 29.3 Å². The fourth-order valence-electron chi connectivity index (χ4n) is 2.42. The molecule has 1 fully saturated rings. The number of hydrogen-bond donors (Lipinski definition) is 0. The van der Waals surface area contributed by atoms with Gasteiger partial charge in [-0.25, -0.2) is 9.97 Å². The van der Waals surface area contributed by atoms with Crippen LogP contribution in [-0.2, 0) is 0 Å². The molecule has 1 saturated heterocycles. The molecule has 0 spiro atoms. The van der Waals surface area contributed by atoms with Gasteiger partial charge in [-0.3, -0.25) is 4.79 Å². The van der Waals surface area contributed by atoms with Gasteiger partial charge < -0.3 is 4.90 Å². The summed E-state index contributed by atoms with van der Waals surface area (Å²) in [6.07, 6.45) is 4.39. The Hall–Kier alpha value is -1.97. The van der Waals surface area contributed by atoms with E-state index in [1.165, 1.54) is 6.42 Å². The lowest BCUT2D eigenvalue weighted by Crippen LogP contribution is -2.31. The number of fused-ring (bicyclic) bond motifs is 1. The minimum Gasteiger partial charge on any atom is -0.355 e. The molecule has 0 unspecified atom stereocenters. The van der Waals surface area contributed by atoms with Crippen LogP contribution in [0.5, 0.6) is 0 Å². The van der Waals surface area contributed by atoms with E-state index in [1.807, 2.05) is 24.3 Å². The van der Waals surface area contributed by atoms with E-state index in [0.29, 0.717) is 5.69 Å². The molecule has 18 heavy (non-hydrogen) atoms. The molecule has 1 aliphatic rings. The van der Waals surface area contributed by atoms with Crippen molar-refractivity contribution in [3.05, 3.63) is 30.0 Å². The third-order valence-corrected chi connectivity index (χ3v) is 3.35. The summed E-state index contributed by atoms with van der Waals surface area (Å²) in [5.41, 5.74) is 2.08. The number of nitrogens with zero attached hydrogens (tertiary/aromatic N) is 3. The number of para-hydroxylation sites is 2. The van der Waals surface area contributed by atoms with Crippen LogP contribution in [0.15, 0.2) is 24.3 Å². The summed E-state index contributed by atoms with van der Waals surface area (Å²) in [4.78, 5) is 22.4. The number of piperidine rings is 1. The van der Waals surface area contributed by atoms with E-state index in [2.05, 4.69) is 14.9 Å². The Morgan fingerprint density at radius 1 is 1.00 bits per heavy atom. The van der Waals surface area contributed by atoms with E-state index in [-0.39, 0.29) is 0 Å². The quantitative estimate of drug-likeness (QED) is 0.757. The number of aromatic nitrogens is 2. The van der Waals surface area contributed by atoms with E-state index >= 15 is 0 Å². The molecule has 1 aromatic carbocycles. The SMILES string of the molecule is O=Cc1nc2ccccc2nc1N1CCCCC1. The molecule has 1 aliphatic heterocycles. The van der Waals surface area contributed by atoms with Crippen molar-refractivity contribution >= 4 is 23.1 Å². The van der Waals surface area contributed by atoms with Gasteiger partial charge in [0.15, 0.2) is 12.1 Å². The maximum Gasteiger partial charge on any atom is 0.172 e. The fraction of sp³-hybridized carbons (Fsp3) is 0.357. The lowest BCUT2D eigenvalue weighted by atomic mass is 10.1. The zero-order chi connectivity index (χ0) is 12.4. The smallest absolute Gasteiger partial charge is 0.172 e. The Morgan fingerprint density at radius 2 is 1.67 bits per heavy atom. The molecule has 0 N–H and O–H groups in total. The first-order chi connectivity index (χ1) is 8.88. The van der Waals surface area contributed by atoms with Gasteiger partial charge in [-0.15, -0.1) is 0 Å². The van der Waals surface area contributed by atoms with Crippen molar-refractivity contribution in [1.82, 2.24) is 9.97 Å². The van der Waals surface area contributed by atoms with Gasteiger partial charge in [0.1, 0.15) is 5.69 Å². The van der Waals surface area contributed by atoms with Crippen molar-refractivity contribution < 1.29 is 4.79 Å². The molecule has 1 aromatic heterocycles. The molecule has 92 valence electrons. The summed E-state index contributed by atoms with van der Waals surface area (Å²) in [6, 6.07) is 7.67. The zero-order valence-electron chi connectivity index (χ0n) is 10.2. The van der Waals surface area contributed by atoms with Crippen LogP contribution in [0.25, 0.3) is 11.0 Å². The highest BCUT2D eigenvalue weighted by Gasteiger charge is 2.17. The lowest BCUT2D eigenvalue weighted by Gasteiger charge is -2.28. The number of benzene rings is 1. The Morgan fingerprint density at radius 3 is 2.33 bits per heavy atom. The van der Waals surface area contributed by atoms with Gasteiger partial charge in [0.25, 0.3) is 0 Å². The Kier molecular flexibility index (Phi) is 2.92. The van der Waals surface area contributed by atoms with Crippen molar-refractivity contribution in [3.8, 4) is 0 Å². The van der Waals surface area contributed by atoms with Crippen LogP contribution >= 0.6 is 0 Å². The van der Waals surface area contributed by atoms with Crippen molar-refractivity contribution in [3.63, 3.8) is 0 Å². The van der Waals surface area contributed by atoms with Gasteiger partial charge >= 0.3 is 0 Å². The predicted octanol–water partition coefficient (Wildman–Crippen LogP) is 2.43. The largest absolute Gasteiger partial charge is 0.355 e. The number of carbonyl (C=O) groups is 1. The molecule has 2 aromatic rings. The number of carbonyl (C=O) groups excluding carboxylic acids is 1. The molecule has 0 amide bonds. The van der Waals surface area contributed by atoms with Gasteiger partial charge in [0.05, 0.1) is 11.0 Å². The van der Waals surface area contributed by atoms with E-state index < -0.39 is 0 Å². The lowest BCUT2D eigenvalue weighted by molar-refractivity contribution is 0.111. The number of rotatable bonds is 2. The summed E-state index contributed by atoms with van der Waals surface area (Å²) in [6.45, 7) is 1.93. The average molecular weight is 241 g/mol. The predicted molar refractivity (Wildman–Crippen MR) is 71.0 cm³/mol. The van der Waals surface area contributed by atoms with Gasteiger partial charge in [0, 0.05) is 13.1 Å². The molecule has 4 heteroatoms. The normalized spacial score (nSPS) is 15.9. The van der Waals surface area contributed by atoms with Crippen molar-refractivity contribution in [1.29, 1.82) is 0 Å². The second-order valence-corrected chi connectivity index (χ2v) is 4.59. The maximum absolute atomic E-state index is 11.2. The van der Waals surface area contributed by atoms with E-state index in [9.17, 15) is 4.79 Å². The van der Waals surface area contributed by atoms with E-state index in [1.54, 1.807) is 0 Å². The zero-order valence-corrected chi connectivity index (χ0v) is 10.2. The van der Waals surface area contributed by atoms with Crippen LogP contribution in [0.2, 0.25) is 0 Å². The van der Waals surface area contributed by atoms with Crippen molar-refractivity contribution in [2.45, 2.75) is 19.3 Å². The molecule has 3 rings (SSSR count). The van der Waals surface area contributed by atoms with Crippen LogP contribution in [0, 0.1) is 0 Å². The van der Waals surface area contributed by atoms with Crippen LogP contribution in [0.3, 0.4) is 0 Å². The first-order valence-corrected chi connectivity index (χ1v) is 6.35. The minimum atomic E-state index is 0.454. The highest BCUT2D eigenvalue weighted by Crippen LogP contribution is 2.22. The topological polar surface area (TPSA) is 46.1 Å². The van der Waals surface area contributed by atoms with Gasteiger partial charge in [-0.2, -0.15) is 0 Å². The maximum atomic E-state index is 11.2. The molecule has 0 atom stereocenters. The number of anilines is 1. The average Bonchev–Trinajstić information content (AvgIpc) is 2.46. The molecular weight excluding hydrogens is 226 g/mol. The Balaban J connectivity index is 2.10. The van der Waals surface area contributed by atoms with Crippen LogP contribution < -0.4 is 4.90 Å². The van der Waals surface area contributed by atoms with Gasteiger partial charge in [0.2, 0.25) is 0 Å². The summed E-state index contributed by atoms with van der Waals surface area (Å²) >= 11 is 0. The first-order valence-electron chi connectivity index (χ1n) is 6.35. The molecule has 0 bridgehead atoms. The number of aldehydes is 1. The highest BCUT2D eigenvalue weighted by molar-refractivity contribution is 5.86. The van der Waals surface area contributed by atoms with Crippen molar-refractivity contribution in [2.75, 3.05) is 18.0 Å². The molecular formula is C14H15N3O. The summed E-state index contributed by atoms with van der Waals surface area (Å²) in [5.74, 6) is 0.739. The van der Waals surface area contributed by atoms with E-state index in [0.717, 1.165) is 49.1 Å². The molecule has 0 saturated carbocycles. The molecule has 0 aliphatic carbocycles. The summed E-state index contributed by atoms with van der Waals surface area (Å²) in [7, 11) is 0. The van der Waals surface area contributed by atoms with Crippen LogP contribution in [0.1, 0.15) is 29.8 Å². The van der Waals surface area contributed by atoms with Crippen molar-refractivity contribution in [2.24, 2.45) is 0 Å². The van der Waals surface area contributed by atoms with Gasteiger partial charge in [-0.05, 0) is 31.4 Å². The summed E-state index contributed by atoms with van der Waals surface area (Å²) < 4.78 is 0. The minimum absolute atomic E-state index is 0.454. The molecule has 4 nitrogen and oxygen atoms in total. The van der Waals surface area contributed by atoms with Gasteiger partial charge in [-0.1, -0.05) is 12.1 Å². The molecule has 0 radical (unpaired) electrons. The Labute approximate surface area is 106 Å². The summed E-state index contributed by atoms with van der Waals surface area (Å²) in [5, 5.41) is 0. The van der Waals surface area contributed by atoms with E-state index in [4.69, 9.17) is 0 Å². The van der Waals surface area contributed by atoms with Crippen LogP contribution in [0.4, 0.5) is 5.82 Å². The number of hydrogen-bond acceptors (Lipinski definition) is 4. The first kappa shape index (κ1) is 11.1.